The summed E-state index contributed by atoms with van der Waals surface area (Å²) < 4.78 is 54.5. The molecule has 6 nitrogen and oxygen atoms in total. The lowest BCUT2D eigenvalue weighted by Crippen LogP contribution is -2.21. The Hall–Kier alpha value is -1.28. The van der Waals surface area contributed by atoms with E-state index in [9.17, 15) is 16.8 Å². The molecule has 0 aliphatic carbocycles. The molecule has 0 N–H and O–H groups in total. The third-order valence-electron chi connectivity index (χ3n) is 1.89. The van der Waals surface area contributed by atoms with Crippen LogP contribution in [0.3, 0.4) is 0 Å². The molecule has 0 aromatic heterocycles. The molecule has 0 saturated carbocycles. The Kier molecular flexibility index (Phi) is 2.35. The second kappa shape index (κ2) is 3.36. The molecule has 16 heavy (non-hydrogen) atoms. The molecule has 0 spiro atoms. The Balaban J connectivity index is 2.70. The van der Waals surface area contributed by atoms with Gasteiger partial charge in [-0.15, -0.1) is 0 Å². The summed E-state index contributed by atoms with van der Waals surface area (Å²) in [5.74, 6) is -0.190. The molecule has 0 saturated heterocycles. The Bertz CT molecular complexity index is 628. The number of rotatable bonds is 0. The van der Waals surface area contributed by atoms with E-state index in [2.05, 4.69) is 8.37 Å². The summed E-state index contributed by atoms with van der Waals surface area (Å²) in [7, 11) is -8.35. The van der Waals surface area contributed by atoms with E-state index >= 15 is 0 Å². The highest BCUT2D eigenvalue weighted by Gasteiger charge is 2.32. The normalized spacial score (nSPS) is 21.1. The fourth-order valence-electron chi connectivity index (χ4n) is 1.29. The maximum absolute atomic E-state index is 11.3. The van der Waals surface area contributed by atoms with E-state index in [1.165, 1.54) is 6.07 Å². The van der Waals surface area contributed by atoms with E-state index in [-0.39, 0.29) is 11.5 Å². The Labute approximate surface area is 93.1 Å². The maximum atomic E-state index is 11.3. The summed E-state index contributed by atoms with van der Waals surface area (Å²) in [6.07, 6.45) is 0. The van der Waals surface area contributed by atoms with Crippen molar-refractivity contribution in [2.45, 2.75) is 6.92 Å². The number of aryl methyl sites for hydroxylation is 1. The number of benzene rings is 1. The number of fused-ring (bicyclic) bond motifs is 1. The summed E-state index contributed by atoms with van der Waals surface area (Å²) in [6, 6.07) is 4.47. The molecule has 8 heteroatoms. The first-order valence-electron chi connectivity index (χ1n) is 4.23. The predicted octanol–water partition coefficient (Wildman–Crippen LogP) is 0.383. The average molecular weight is 264 g/mol. The summed E-state index contributed by atoms with van der Waals surface area (Å²) in [6.45, 7) is 1.59. The van der Waals surface area contributed by atoms with Gasteiger partial charge in [-0.1, -0.05) is 12.1 Å². The van der Waals surface area contributed by atoms with Gasteiger partial charge in [0, 0.05) is 0 Å². The minimum Gasteiger partial charge on any atom is -0.378 e. The van der Waals surface area contributed by atoms with E-state index < -0.39 is 25.3 Å². The third-order valence-corrected chi connectivity index (χ3v) is 5.05. The van der Waals surface area contributed by atoms with Crippen molar-refractivity contribution in [3.05, 3.63) is 23.8 Å². The predicted molar refractivity (Wildman–Crippen MR) is 55.1 cm³/mol. The molecule has 0 amide bonds. The van der Waals surface area contributed by atoms with E-state index in [4.69, 9.17) is 0 Å². The zero-order valence-corrected chi connectivity index (χ0v) is 9.84. The standard InChI is InChI=1S/C8H8O6S2/c1-6-3-2-4-7-8(6)14-16(11,12)5-15(9,10)13-7/h2-4H,5H2,1H3. The molecule has 1 aromatic carbocycles. The molecule has 1 aromatic rings. The van der Waals surface area contributed by atoms with Crippen LogP contribution >= 0.6 is 0 Å². The molecule has 2 rings (SSSR count). The quantitative estimate of drug-likeness (QED) is 0.630. The van der Waals surface area contributed by atoms with E-state index in [1.807, 2.05) is 0 Å². The number of hydrogen-bond acceptors (Lipinski definition) is 6. The first-order chi connectivity index (χ1) is 7.29. The van der Waals surface area contributed by atoms with Crippen molar-refractivity contribution in [1.82, 2.24) is 0 Å². The van der Waals surface area contributed by atoms with Crippen LogP contribution < -0.4 is 8.37 Å². The molecule has 0 bridgehead atoms. The van der Waals surface area contributed by atoms with Gasteiger partial charge in [-0.3, -0.25) is 0 Å². The zero-order chi connectivity index (χ0) is 12.0. The second-order valence-corrected chi connectivity index (χ2v) is 6.81. The first kappa shape index (κ1) is 11.2. The number of hydrogen-bond donors (Lipinski definition) is 0. The first-order valence-corrected chi connectivity index (χ1v) is 7.38. The smallest absolute Gasteiger partial charge is 0.327 e. The Morgan fingerprint density at radius 2 is 1.69 bits per heavy atom. The van der Waals surface area contributed by atoms with Crippen molar-refractivity contribution in [1.29, 1.82) is 0 Å². The zero-order valence-electron chi connectivity index (χ0n) is 8.21. The molecule has 0 fully saturated rings. The van der Waals surface area contributed by atoms with Crippen molar-refractivity contribution in [2.75, 3.05) is 5.08 Å². The van der Waals surface area contributed by atoms with Crippen LogP contribution in [0.2, 0.25) is 0 Å². The minimum atomic E-state index is -4.18. The topological polar surface area (TPSA) is 86.7 Å². The van der Waals surface area contributed by atoms with Crippen LogP contribution in [0.15, 0.2) is 18.2 Å². The van der Waals surface area contributed by atoms with Crippen molar-refractivity contribution < 1.29 is 25.2 Å². The van der Waals surface area contributed by atoms with Crippen LogP contribution in [-0.4, -0.2) is 21.9 Å². The van der Waals surface area contributed by atoms with Gasteiger partial charge in [-0.2, -0.15) is 16.8 Å². The van der Waals surface area contributed by atoms with Gasteiger partial charge < -0.3 is 8.37 Å². The van der Waals surface area contributed by atoms with Gasteiger partial charge in [-0.05, 0) is 18.6 Å². The summed E-state index contributed by atoms with van der Waals surface area (Å²) in [5.41, 5.74) is 0.484. The van der Waals surface area contributed by atoms with E-state index in [1.54, 1.807) is 19.1 Å². The molecule has 0 unspecified atom stereocenters. The minimum absolute atomic E-state index is 0.0800. The molecule has 0 atom stereocenters. The largest absolute Gasteiger partial charge is 0.378 e. The molecular weight excluding hydrogens is 256 g/mol. The van der Waals surface area contributed by atoms with E-state index in [0.717, 1.165) is 0 Å². The van der Waals surface area contributed by atoms with Crippen molar-refractivity contribution >= 4 is 20.2 Å². The lowest BCUT2D eigenvalue weighted by atomic mass is 10.2. The van der Waals surface area contributed by atoms with Crippen LogP contribution in [0.4, 0.5) is 0 Å². The second-order valence-electron chi connectivity index (χ2n) is 3.30. The van der Waals surface area contributed by atoms with Crippen LogP contribution in [-0.2, 0) is 20.2 Å². The van der Waals surface area contributed by atoms with Crippen molar-refractivity contribution in [3.8, 4) is 11.5 Å². The van der Waals surface area contributed by atoms with Gasteiger partial charge in [0.2, 0.25) is 5.08 Å². The van der Waals surface area contributed by atoms with Crippen molar-refractivity contribution in [2.24, 2.45) is 0 Å². The lowest BCUT2D eigenvalue weighted by molar-refractivity contribution is 0.470. The molecule has 0 radical (unpaired) electrons. The van der Waals surface area contributed by atoms with Gasteiger partial charge in [0.25, 0.3) is 0 Å². The van der Waals surface area contributed by atoms with Crippen LogP contribution in [0, 0.1) is 6.92 Å². The third kappa shape index (κ3) is 2.12. The van der Waals surface area contributed by atoms with Crippen LogP contribution in [0.1, 0.15) is 5.56 Å². The highest BCUT2D eigenvalue weighted by Crippen LogP contribution is 2.35. The fraction of sp³-hybridized carbons (Fsp3) is 0.250. The average Bonchev–Trinajstić information content (AvgIpc) is 2.17. The van der Waals surface area contributed by atoms with Gasteiger partial charge >= 0.3 is 20.2 Å². The summed E-state index contributed by atoms with van der Waals surface area (Å²) in [5, 5.41) is -1.19. The summed E-state index contributed by atoms with van der Waals surface area (Å²) in [4.78, 5) is 0. The van der Waals surface area contributed by atoms with Gasteiger partial charge in [-0.25, -0.2) is 0 Å². The number of para-hydroxylation sites is 1. The van der Waals surface area contributed by atoms with Crippen LogP contribution in [0.25, 0.3) is 0 Å². The highest BCUT2D eigenvalue weighted by atomic mass is 32.3. The fourth-order valence-corrected chi connectivity index (χ4v) is 3.96. The van der Waals surface area contributed by atoms with Crippen LogP contribution in [0.5, 0.6) is 11.5 Å². The molecule has 1 aliphatic rings. The summed E-state index contributed by atoms with van der Waals surface area (Å²) >= 11 is 0. The molecule has 1 aliphatic heterocycles. The molecular formula is C8H8O6S2. The van der Waals surface area contributed by atoms with E-state index in [0.29, 0.717) is 5.56 Å². The monoisotopic (exact) mass is 264 g/mol. The molecule has 1 heterocycles. The van der Waals surface area contributed by atoms with Gasteiger partial charge in [0.05, 0.1) is 0 Å². The highest BCUT2D eigenvalue weighted by molar-refractivity contribution is 8.04. The SMILES string of the molecule is Cc1cccc2c1OS(=O)(=O)CS(=O)(=O)O2. The maximum Gasteiger partial charge on any atom is 0.327 e. The Morgan fingerprint density at radius 3 is 2.38 bits per heavy atom. The van der Waals surface area contributed by atoms with Gasteiger partial charge in [0.15, 0.2) is 11.5 Å². The van der Waals surface area contributed by atoms with Gasteiger partial charge in [0.1, 0.15) is 0 Å². The Morgan fingerprint density at radius 1 is 1.06 bits per heavy atom. The lowest BCUT2D eigenvalue weighted by Gasteiger charge is -2.06. The van der Waals surface area contributed by atoms with Crippen molar-refractivity contribution in [3.63, 3.8) is 0 Å². The molecule has 88 valence electrons.